The molecule has 3 rings (SSSR count). The summed E-state index contributed by atoms with van der Waals surface area (Å²) in [6, 6.07) is 19.4. The first-order valence-corrected chi connectivity index (χ1v) is 6.39. The highest BCUT2D eigenvalue weighted by Crippen LogP contribution is 2.25. The summed E-state index contributed by atoms with van der Waals surface area (Å²) in [6.45, 7) is 4.14. The predicted octanol–water partition coefficient (Wildman–Crippen LogP) is 3.90. The van der Waals surface area contributed by atoms with Gasteiger partial charge in [-0.3, -0.25) is 0 Å². The van der Waals surface area contributed by atoms with E-state index in [2.05, 4.69) is 72.5 Å². The molecule has 0 saturated heterocycles. The zero-order chi connectivity index (χ0) is 12.4. The summed E-state index contributed by atoms with van der Waals surface area (Å²) in [5.41, 5.74) is 5.39. The summed E-state index contributed by atoms with van der Waals surface area (Å²) < 4.78 is 0. The molecule has 1 heteroatoms. The van der Waals surface area contributed by atoms with Crippen LogP contribution in [0.5, 0.6) is 0 Å². The first kappa shape index (κ1) is 11.1. The van der Waals surface area contributed by atoms with Gasteiger partial charge in [-0.25, -0.2) is 0 Å². The molecule has 0 amide bonds. The Kier molecular flexibility index (Phi) is 2.89. The van der Waals surface area contributed by atoms with E-state index in [9.17, 15) is 0 Å². The van der Waals surface area contributed by atoms with Gasteiger partial charge >= 0.3 is 0 Å². The lowest BCUT2D eigenvalue weighted by molar-refractivity contribution is 1.01. The maximum atomic E-state index is 2.40. The van der Waals surface area contributed by atoms with Crippen LogP contribution in [-0.4, -0.2) is 13.1 Å². The van der Waals surface area contributed by atoms with Crippen molar-refractivity contribution in [2.75, 3.05) is 18.0 Å². The molecule has 0 atom stereocenters. The summed E-state index contributed by atoms with van der Waals surface area (Å²) in [5, 5.41) is 0. The first-order valence-electron chi connectivity index (χ1n) is 6.39. The van der Waals surface area contributed by atoms with Gasteiger partial charge in [-0.05, 0) is 30.2 Å². The Hall–Kier alpha value is -2.02. The molecule has 90 valence electrons. The standard InChI is InChI=1S/C17H17N/c1-14-7-9-15(10-8-14)16-11-12-18(13-16)17-5-3-2-4-6-17/h2-11H,12-13H2,1H3. The molecular weight excluding hydrogens is 218 g/mol. The van der Waals surface area contributed by atoms with E-state index >= 15 is 0 Å². The van der Waals surface area contributed by atoms with E-state index in [4.69, 9.17) is 0 Å². The van der Waals surface area contributed by atoms with Gasteiger partial charge in [-0.2, -0.15) is 0 Å². The highest BCUT2D eigenvalue weighted by molar-refractivity contribution is 5.74. The molecule has 0 spiro atoms. The van der Waals surface area contributed by atoms with Crippen LogP contribution in [0.3, 0.4) is 0 Å². The minimum Gasteiger partial charge on any atom is -0.363 e. The van der Waals surface area contributed by atoms with Gasteiger partial charge in [-0.1, -0.05) is 54.1 Å². The van der Waals surface area contributed by atoms with Crippen molar-refractivity contribution >= 4 is 11.3 Å². The van der Waals surface area contributed by atoms with E-state index in [0.29, 0.717) is 0 Å². The van der Waals surface area contributed by atoms with Gasteiger partial charge in [0.1, 0.15) is 0 Å². The van der Waals surface area contributed by atoms with Crippen molar-refractivity contribution in [1.82, 2.24) is 0 Å². The van der Waals surface area contributed by atoms with Crippen molar-refractivity contribution in [3.05, 3.63) is 71.8 Å². The molecule has 18 heavy (non-hydrogen) atoms. The largest absolute Gasteiger partial charge is 0.363 e. The number of nitrogens with zero attached hydrogens (tertiary/aromatic N) is 1. The Bertz CT molecular complexity index is 552. The molecule has 1 heterocycles. The Morgan fingerprint density at radius 1 is 0.889 bits per heavy atom. The first-order chi connectivity index (χ1) is 8.83. The van der Waals surface area contributed by atoms with Gasteiger partial charge in [0.05, 0.1) is 0 Å². The smallest absolute Gasteiger partial charge is 0.0436 e. The van der Waals surface area contributed by atoms with Crippen LogP contribution in [-0.2, 0) is 0 Å². The molecule has 2 aromatic rings. The molecule has 1 nitrogen and oxygen atoms in total. The highest BCUT2D eigenvalue weighted by Gasteiger charge is 2.15. The van der Waals surface area contributed by atoms with Crippen molar-refractivity contribution in [1.29, 1.82) is 0 Å². The molecule has 0 radical (unpaired) electrons. The van der Waals surface area contributed by atoms with Crippen LogP contribution in [0.1, 0.15) is 11.1 Å². The van der Waals surface area contributed by atoms with E-state index in [1.807, 2.05) is 0 Å². The summed E-state index contributed by atoms with van der Waals surface area (Å²) in [7, 11) is 0. The molecule has 0 saturated carbocycles. The van der Waals surface area contributed by atoms with E-state index in [1.165, 1.54) is 22.4 Å². The topological polar surface area (TPSA) is 3.24 Å². The van der Waals surface area contributed by atoms with Crippen LogP contribution in [0.25, 0.3) is 5.57 Å². The molecular formula is C17H17N. The third kappa shape index (κ3) is 2.17. The molecule has 1 aliphatic heterocycles. The molecule has 0 aliphatic carbocycles. The minimum atomic E-state index is 1.01. The molecule has 0 N–H and O–H groups in total. The van der Waals surface area contributed by atoms with Gasteiger partial charge in [0.2, 0.25) is 0 Å². The zero-order valence-electron chi connectivity index (χ0n) is 10.6. The average Bonchev–Trinajstić information content (AvgIpc) is 2.90. The molecule has 0 fully saturated rings. The van der Waals surface area contributed by atoms with E-state index in [1.54, 1.807) is 0 Å². The number of para-hydroxylation sites is 1. The van der Waals surface area contributed by atoms with Crippen molar-refractivity contribution in [2.45, 2.75) is 6.92 Å². The van der Waals surface area contributed by atoms with Gasteiger partial charge < -0.3 is 4.90 Å². The number of hydrogen-bond acceptors (Lipinski definition) is 1. The van der Waals surface area contributed by atoms with Gasteiger partial charge in [0, 0.05) is 18.8 Å². The van der Waals surface area contributed by atoms with Gasteiger partial charge in [0.25, 0.3) is 0 Å². The monoisotopic (exact) mass is 235 g/mol. The maximum absolute atomic E-state index is 2.40. The van der Waals surface area contributed by atoms with Crippen molar-refractivity contribution in [2.24, 2.45) is 0 Å². The number of anilines is 1. The number of hydrogen-bond donors (Lipinski definition) is 0. The zero-order valence-corrected chi connectivity index (χ0v) is 10.6. The van der Waals surface area contributed by atoms with Crippen molar-refractivity contribution in [3.8, 4) is 0 Å². The van der Waals surface area contributed by atoms with E-state index in [0.717, 1.165) is 13.1 Å². The normalized spacial score (nSPS) is 14.7. The van der Waals surface area contributed by atoms with Crippen molar-refractivity contribution in [3.63, 3.8) is 0 Å². The SMILES string of the molecule is Cc1ccc(C2=CCN(c3ccccc3)C2)cc1. The Labute approximate surface area is 108 Å². The van der Waals surface area contributed by atoms with Crippen LogP contribution < -0.4 is 4.90 Å². The van der Waals surface area contributed by atoms with E-state index in [-0.39, 0.29) is 0 Å². The van der Waals surface area contributed by atoms with E-state index < -0.39 is 0 Å². The average molecular weight is 235 g/mol. The fourth-order valence-electron chi connectivity index (χ4n) is 2.37. The minimum absolute atomic E-state index is 1.01. The third-order valence-electron chi connectivity index (χ3n) is 3.46. The number of aryl methyl sites for hydroxylation is 1. The predicted molar refractivity (Wildman–Crippen MR) is 77.8 cm³/mol. The lowest BCUT2D eigenvalue weighted by Gasteiger charge is -2.18. The maximum Gasteiger partial charge on any atom is 0.0436 e. The second kappa shape index (κ2) is 4.69. The molecule has 0 aromatic heterocycles. The lowest BCUT2D eigenvalue weighted by Crippen LogP contribution is -2.19. The molecule has 2 aromatic carbocycles. The van der Waals surface area contributed by atoms with Crippen molar-refractivity contribution < 1.29 is 0 Å². The quantitative estimate of drug-likeness (QED) is 0.763. The fourth-order valence-corrected chi connectivity index (χ4v) is 2.37. The van der Waals surface area contributed by atoms with Crippen LogP contribution in [0.2, 0.25) is 0 Å². The second-order valence-electron chi connectivity index (χ2n) is 4.81. The second-order valence-corrected chi connectivity index (χ2v) is 4.81. The third-order valence-corrected chi connectivity index (χ3v) is 3.46. The summed E-state index contributed by atoms with van der Waals surface area (Å²) >= 11 is 0. The summed E-state index contributed by atoms with van der Waals surface area (Å²) in [5.74, 6) is 0. The van der Waals surface area contributed by atoms with Crippen LogP contribution in [0, 0.1) is 6.92 Å². The molecule has 1 aliphatic rings. The number of rotatable bonds is 2. The molecule has 0 bridgehead atoms. The highest BCUT2D eigenvalue weighted by atomic mass is 15.1. The fraction of sp³-hybridized carbons (Fsp3) is 0.176. The van der Waals surface area contributed by atoms with Gasteiger partial charge in [-0.15, -0.1) is 0 Å². The number of benzene rings is 2. The Balaban J connectivity index is 1.77. The Morgan fingerprint density at radius 3 is 2.33 bits per heavy atom. The Morgan fingerprint density at radius 2 is 1.61 bits per heavy atom. The van der Waals surface area contributed by atoms with Crippen LogP contribution in [0.4, 0.5) is 5.69 Å². The van der Waals surface area contributed by atoms with Gasteiger partial charge in [0.15, 0.2) is 0 Å². The molecule has 0 unspecified atom stereocenters. The van der Waals surface area contributed by atoms with Crippen LogP contribution >= 0.6 is 0 Å². The lowest BCUT2D eigenvalue weighted by atomic mass is 10.1. The summed E-state index contributed by atoms with van der Waals surface area (Å²) in [6.07, 6.45) is 2.33. The summed E-state index contributed by atoms with van der Waals surface area (Å²) in [4.78, 5) is 2.40. The van der Waals surface area contributed by atoms with Crippen LogP contribution in [0.15, 0.2) is 60.7 Å².